The number of nitrogens with zero attached hydrogens (tertiary/aromatic N) is 1. The first kappa shape index (κ1) is 7.94. The lowest BCUT2D eigenvalue weighted by molar-refractivity contribution is 0.688. The minimum atomic E-state index is 0.808. The molecule has 13 heavy (non-hydrogen) atoms. The van der Waals surface area contributed by atoms with E-state index >= 15 is 0 Å². The van der Waals surface area contributed by atoms with E-state index in [2.05, 4.69) is 10.3 Å². The highest BCUT2D eigenvalue weighted by atomic mass is 32.1. The largest absolute Gasteiger partial charge is 0.309 e. The average Bonchev–Trinajstić information content (AvgIpc) is 3.03. The van der Waals surface area contributed by atoms with Crippen molar-refractivity contribution in [3.63, 3.8) is 0 Å². The Morgan fingerprint density at radius 3 is 2.92 bits per heavy atom. The fourth-order valence-corrected chi connectivity index (χ4v) is 2.43. The van der Waals surface area contributed by atoms with E-state index in [0.717, 1.165) is 18.5 Å². The van der Waals surface area contributed by atoms with E-state index in [0.29, 0.717) is 0 Å². The van der Waals surface area contributed by atoms with Crippen LogP contribution in [-0.2, 0) is 6.54 Å². The predicted octanol–water partition coefficient (Wildman–Crippen LogP) is 2.27. The number of hydrogen-bond acceptors (Lipinski definition) is 3. The van der Waals surface area contributed by atoms with Crippen molar-refractivity contribution < 1.29 is 0 Å². The summed E-state index contributed by atoms with van der Waals surface area (Å²) >= 11 is 1.81. The molecule has 1 aromatic heterocycles. The van der Waals surface area contributed by atoms with Crippen LogP contribution in [0.5, 0.6) is 0 Å². The molecule has 2 saturated carbocycles. The number of rotatable bonds is 4. The normalized spacial score (nSPS) is 22.2. The van der Waals surface area contributed by atoms with Gasteiger partial charge in [0.25, 0.3) is 0 Å². The smallest absolute Gasteiger partial charge is 0.0798 e. The van der Waals surface area contributed by atoms with Gasteiger partial charge in [0.2, 0.25) is 0 Å². The number of thiazole rings is 1. The van der Waals surface area contributed by atoms with Gasteiger partial charge in [-0.3, -0.25) is 0 Å². The Morgan fingerprint density at radius 2 is 2.23 bits per heavy atom. The monoisotopic (exact) mass is 194 g/mol. The lowest BCUT2D eigenvalue weighted by atomic mass is 10.2. The molecule has 0 amide bonds. The zero-order valence-corrected chi connectivity index (χ0v) is 8.44. The summed E-state index contributed by atoms with van der Waals surface area (Å²) < 4.78 is 0. The van der Waals surface area contributed by atoms with Crippen LogP contribution in [0.1, 0.15) is 42.2 Å². The molecule has 3 rings (SSSR count). The van der Waals surface area contributed by atoms with Crippen molar-refractivity contribution in [1.82, 2.24) is 10.3 Å². The summed E-state index contributed by atoms with van der Waals surface area (Å²) in [6.07, 6.45) is 5.47. The molecule has 1 N–H and O–H groups in total. The maximum Gasteiger partial charge on any atom is 0.0798 e. The van der Waals surface area contributed by atoms with E-state index in [1.54, 1.807) is 0 Å². The van der Waals surface area contributed by atoms with Crippen LogP contribution in [-0.4, -0.2) is 11.0 Å². The van der Waals surface area contributed by atoms with Crippen LogP contribution >= 0.6 is 11.3 Å². The van der Waals surface area contributed by atoms with Gasteiger partial charge in [0.05, 0.1) is 11.2 Å². The highest BCUT2D eigenvalue weighted by Crippen LogP contribution is 2.41. The maximum atomic E-state index is 4.46. The van der Waals surface area contributed by atoms with Gasteiger partial charge in [0.1, 0.15) is 0 Å². The van der Waals surface area contributed by atoms with E-state index in [-0.39, 0.29) is 0 Å². The molecule has 2 fully saturated rings. The zero-order chi connectivity index (χ0) is 8.67. The fourth-order valence-electron chi connectivity index (χ4n) is 1.63. The molecular weight excluding hydrogens is 180 g/mol. The molecule has 0 atom stereocenters. The van der Waals surface area contributed by atoms with Crippen molar-refractivity contribution in [2.45, 2.75) is 44.2 Å². The molecule has 0 aliphatic heterocycles. The van der Waals surface area contributed by atoms with Gasteiger partial charge in [0.15, 0.2) is 0 Å². The molecule has 0 unspecified atom stereocenters. The van der Waals surface area contributed by atoms with E-state index in [9.17, 15) is 0 Å². The second-order valence-corrected chi connectivity index (χ2v) is 5.03. The van der Waals surface area contributed by atoms with Gasteiger partial charge in [0, 0.05) is 23.4 Å². The quantitative estimate of drug-likeness (QED) is 0.795. The van der Waals surface area contributed by atoms with Gasteiger partial charge in [-0.25, -0.2) is 4.98 Å². The highest BCUT2D eigenvalue weighted by Gasteiger charge is 2.29. The number of aromatic nitrogens is 1. The van der Waals surface area contributed by atoms with Crippen molar-refractivity contribution in [3.8, 4) is 0 Å². The van der Waals surface area contributed by atoms with Crippen molar-refractivity contribution in [2.75, 3.05) is 0 Å². The molecule has 0 spiro atoms. The van der Waals surface area contributed by atoms with E-state index < -0.39 is 0 Å². The number of hydrogen-bond donors (Lipinski definition) is 1. The van der Waals surface area contributed by atoms with Gasteiger partial charge in [-0.15, -0.1) is 11.3 Å². The van der Waals surface area contributed by atoms with Crippen LogP contribution in [0, 0.1) is 0 Å². The van der Waals surface area contributed by atoms with Gasteiger partial charge in [-0.05, 0) is 25.7 Å². The van der Waals surface area contributed by atoms with Crippen molar-refractivity contribution in [2.24, 2.45) is 0 Å². The van der Waals surface area contributed by atoms with Gasteiger partial charge >= 0.3 is 0 Å². The zero-order valence-electron chi connectivity index (χ0n) is 7.62. The van der Waals surface area contributed by atoms with Crippen LogP contribution in [0.3, 0.4) is 0 Å². The SMILES string of the molecule is c1nc(C2CC2)c(CNC2CC2)s1. The molecule has 70 valence electrons. The molecule has 0 saturated heterocycles. The van der Waals surface area contributed by atoms with Crippen LogP contribution in [0.25, 0.3) is 0 Å². The minimum absolute atomic E-state index is 0.808. The van der Waals surface area contributed by atoms with Crippen LogP contribution in [0.2, 0.25) is 0 Å². The summed E-state index contributed by atoms with van der Waals surface area (Å²) in [7, 11) is 0. The first-order valence-corrected chi connectivity index (χ1v) is 5.97. The van der Waals surface area contributed by atoms with Crippen LogP contribution in [0.4, 0.5) is 0 Å². The average molecular weight is 194 g/mol. The topological polar surface area (TPSA) is 24.9 Å². The molecule has 2 aliphatic rings. The molecule has 2 nitrogen and oxygen atoms in total. The van der Waals surface area contributed by atoms with Crippen molar-refractivity contribution in [1.29, 1.82) is 0 Å². The summed E-state index contributed by atoms with van der Waals surface area (Å²) in [5.74, 6) is 0.808. The number of nitrogens with one attached hydrogen (secondary N) is 1. The first-order valence-electron chi connectivity index (χ1n) is 5.09. The second kappa shape index (κ2) is 3.07. The maximum absolute atomic E-state index is 4.46. The van der Waals surface area contributed by atoms with Crippen molar-refractivity contribution >= 4 is 11.3 Å². The molecule has 3 heteroatoms. The Kier molecular flexibility index (Phi) is 1.87. The third kappa shape index (κ3) is 1.76. The minimum Gasteiger partial charge on any atom is -0.309 e. The van der Waals surface area contributed by atoms with Gasteiger partial charge in [-0.1, -0.05) is 0 Å². The summed E-state index contributed by atoms with van der Waals surface area (Å²) in [5, 5.41) is 3.55. The Hall–Kier alpha value is -0.410. The molecule has 1 heterocycles. The van der Waals surface area contributed by atoms with E-state index in [1.165, 1.54) is 36.3 Å². The van der Waals surface area contributed by atoms with Crippen molar-refractivity contribution in [3.05, 3.63) is 16.1 Å². The first-order chi connectivity index (χ1) is 6.43. The summed E-state index contributed by atoms with van der Waals surface area (Å²) in [6, 6.07) is 0.814. The highest BCUT2D eigenvalue weighted by molar-refractivity contribution is 7.09. The summed E-state index contributed by atoms with van der Waals surface area (Å²) in [4.78, 5) is 5.94. The Balaban J connectivity index is 1.67. The molecule has 0 bridgehead atoms. The van der Waals surface area contributed by atoms with Crippen LogP contribution in [0.15, 0.2) is 5.51 Å². The summed E-state index contributed by atoms with van der Waals surface area (Å²) in [5.41, 5.74) is 3.38. The van der Waals surface area contributed by atoms with E-state index in [4.69, 9.17) is 0 Å². The fraction of sp³-hybridized carbons (Fsp3) is 0.700. The second-order valence-electron chi connectivity index (χ2n) is 4.09. The molecule has 1 aromatic rings. The molecule has 0 radical (unpaired) electrons. The Labute approximate surface area is 82.4 Å². The molecular formula is C10H14N2S. The summed E-state index contributed by atoms with van der Waals surface area (Å²) in [6.45, 7) is 1.06. The molecule has 0 aromatic carbocycles. The van der Waals surface area contributed by atoms with E-state index in [1.807, 2.05) is 16.8 Å². The Morgan fingerprint density at radius 1 is 1.38 bits per heavy atom. The van der Waals surface area contributed by atoms with Gasteiger partial charge < -0.3 is 5.32 Å². The lowest BCUT2D eigenvalue weighted by Gasteiger charge is -2.01. The Bertz CT molecular complexity index is 300. The van der Waals surface area contributed by atoms with Crippen LogP contribution < -0.4 is 5.32 Å². The third-order valence-corrected chi connectivity index (χ3v) is 3.61. The standard InChI is InChI=1S/C10H14N2S/c1-2-7(1)10-9(13-6-12-10)5-11-8-3-4-8/h6-8,11H,1-5H2. The predicted molar refractivity (Wildman–Crippen MR) is 54.0 cm³/mol. The lowest BCUT2D eigenvalue weighted by Crippen LogP contribution is -2.15. The molecule has 2 aliphatic carbocycles. The third-order valence-electron chi connectivity index (χ3n) is 2.77. The van der Waals surface area contributed by atoms with Gasteiger partial charge in [-0.2, -0.15) is 0 Å².